The number of ether oxygens (including phenoxy) is 1. The lowest BCUT2D eigenvalue weighted by atomic mass is 9.87. The van der Waals surface area contributed by atoms with E-state index >= 15 is 0 Å². The highest BCUT2D eigenvalue weighted by molar-refractivity contribution is 6.13. The van der Waals surface area contributed by atoms with Crippen LogP contribution in [-0.4, -0.2) is 17.5 Å². The van der Waals surface area contributed by atoms with Crippen molar-refractivity contribution in [1.29, 1.82) is 0 Å². The third-order valence-electron chi connectivity index (χ3n) is 5.07. The zero-order valence-corrected chi connectivity index (χ0v) is 14.9. The lowest BCUT2D eigenvalue weighted by Gasteiger charge is -2.17. The van der Waals surface area contributed by atoms with E-state index in [2.05, 4.69) is 22.0 Å². The summed E-state index contributed by atoms with van der Waals surface area (Å²) in [6.07, 6.45) is 3.09. The van der Waals surface area contributed by atoms with Gasteiger partial charge in [-0.2, -0.15) is 8.78 Å². The van der Waals surface area contributed by atoms with Crippen LogP contribution in [0.25, 0.3) is 10.9 Å². The summed E-state index contributed by atoms with van der Waals surface area (Å²) in [6.45, 7) is -0.721. The summed E-state index contributed by atoms with van der Waals surface area (Å²) in [5.41, 5.74) is 3.96. The molecule has 0 fully saturated rings. The number of fused-ring (bicyclic) bond motifs is 3. The zero-order chi connectivity index (χ0) is 19.0. The first-order valence-electron chi connectivity index (χ1n) is 9.00. The Morgan fingerprint density at radius 1 is 1.22 bits per heavy atom. The molecule has 0 saturated heterocycles. The fourth-order valence-corrected chi connectivity index (χ4v) is 3.76. The molecule has 1 heterocycles. The average Bonchev–Trinajstić information content (AvgIpc) is 3.01. The predicted molar refractivity (Wildman–Crippen MR) is 101 cm³/mol. The lowest BCUT2D eigenvalue weighted by molar-refractivity contribution is -0.0493. The van der Waals surface area contributed by atoms with Crippen LogP contribution in [0.5, 0.6) is 5.75 Å². The van der Waals surface area contributed by atoms with Crippen molar-refractivity contribution in [3.05, 3.63) is 59.3 Å². The van der Waals surface area contributed by atoms with Crippen molar-refractivity contribution in [3.63, 3.8) is 0 Å². The van der Waals surface area contributed by atoms with Crippen LogP contribution in [0.4, 0.5) is 14.5 Å². The van der Waals surface area contributed by atoms with Gasteiger partial charge >= 0.3 is 6.61 Å². The monoisotopic (exact) mass is 370 g/mol. The molecule has 1 aliphatic carbocycles. The average molecular weight is 370 g/mol. The maximum absolute atomic E-state index is 12.9. The van der Waals surface area contributed by atoms with Gasteiger partial charge in [-0.1, -0.05) is 31.2 Å². The number of H-pyrrole nitrogens is 1. The van der Waals surface area contributed by atoms with E-state index in [0.29, 0.717) is 11.5 Å². The molecule has 1 amide bonds. The normalized spacial score (nSPS) is 16.4. The van der Waals surface area contributed by atoms with Gasteiger partial charge in [0.1, 0.15) is 5.75 Å². The van der Waals surface area contributed by atoms with Crippen LogP contribution in [0, 0.1) is 5.92 Å². The summed E-state index contributed by atoms with van der Waals surface area (Å²) in [6, 6.07) is 11.8. The Morgan fingerprint density at radius 2 is 2.04 bits per heavy atom. The van der Waals surface area contributed by atoms with Crippen molar-refractivity contribution >= 4 is 22.5 Å². The summed E-state index contributed by atoms with van der Waals surface area (Å²) < 4.78 is 29.7. The molecule has 1 aliphatic rings. The van der Waals surface area contributed by atoms with Crippen molar-refractivity contribution in [2.24, 2.45) is 5.92 Å². The first kappa shape index (κ1) is 17.5. The molecule has 1 unspecified atom stereocenters. The molecule has 1 atom stereocenters. The lowest BCUT2D eigenvalue weighted by Crippen LogP contribution is -2.14. The van der Waals surface area contributed by atoms with Gasteiger partial charge in [0, 0.05) is 11.1 Å². The van der Waals surface area contributed by atoms with E-state index in [1.54, 1.807) is 18.2 Å². The molecular formula is C21H20F2N2O2. The minimum absolute atomic E-state index is 0.0624. The molecule has 3 aromatic rings. The number of hydrogen-bond acceptors (Lipinski definition) is 2. The van der Waals surface area contributed by atoms with Gasteiger partial charge in [-0.25, -0.2) is 0 Å². The van der Waals surface area contributed by atoms with Gasteiger partial charge in [0.05, 0.1) is 16.8 Å². The van der Waals surface area contributed by atoms with Crippen molar-refractivity contribution in [3.8, 4) is 5.75 Å². The summed E-state index contributed by atoms with van der Waals surface area (Å²) in [5.74, 6) is 0.192. The van der Waals surface area contributed by atoms with E-state index in [0.717, 1.165) is 30.2 Å². The molecular weight excluding hydrogens is 350 g/mol. The minimum Gasteiger partial charge on any atom is -0.433 e. The zero-order valence-electron chi connectivity index (χ0n) is 14.9. The molecule has 2 N–H and O–H groups in total. The van der Waals surface area contributed by atoms with E-state index in [1.165, 1.54) is 23.4 Å². The molecule has 4 nitrogen and oxygen atoms in total. The second kappa shape index (κ2) is 7.02. The van der Waals surface area contributed by atoms with Crippen LogP contribution < -0.4 is 10.1 Å². The molecule has 140 valence electrons. The number of para-hydroxylation sites is 3. The number of halogens is 2. The summed E-state index contributed by atoms with van der Waals surface area (Å²) in [7, 11) is 0. The van der Waals surface area contributed by atoms with Gasteiger partial charge in [-0.3, -0.25) is 4.79 Å². The van der Waals surface area contributed by atoms with Crippen LogP contribution in [0.15, 0.2) is 42.5 Å². The minimum atomic E-state index is -2.95. The molecule has 0 radical (unpaired) electrons. The third kappa shape index (κ3) is 3.39. The Balaban J connectivity index is 1.68. The first-order valence-corrected chi connectivity index (χ1v) is 9.00. The molecule has 6 heteroatoms. The molecule has 0 spiro atoms. The molecule has 2 aromatic carbocycles. The number of aryl methyl sites for hydroxylation is 1. The van der Waals surface area contributed by atoms with E-state index in [9.17, 15) is 13.6 Å². The Labute approximate surface area is 155 Å². The van der Waals surface area contributed by atoms with Crippen LogP contribution in [-0.2, 0) is 12.8 Å². The van der Waals surface area contributed by atoms with Crippen molar-refractivity contribution in [1.82, 2.24) is 4.98 Å². The first-order chi connectivity index (χ1) is 13.0. The van der Waals surface area contributed by atoms with Gasteiger partial charge in [0.2, 0.25) is 0 Å². The number of carbonyl (C=O) groups is 1. The third-order valence-corrected chi connectivity index (χ3v) is 5.07. The molecule has 4 rings (SSSR count). The number of carbonyl (C=O) groups excluding carboxylic acids is 1. The van der Waals surface area contributed by atoms with Crippen molar-refractivity contribution in [2.45, 2.75) is 32.8 Å². The number of anilines is 1. The van der Waals surface area contributed by atoms with E-state index in [4.69, 9.17) is 0 Å². The number of aromatic nitrogens is 1. The Bertz CT molecular complexity index is 997. The van der Waals surface area contributed by atoms with E-state index < -0.39 is 6.61 Å². The molecule has 0 bridgehead atoms. The quantitative estimate of drug-likeness (QED) is 0.668. The number of nitrogens with one attached hydrogen (secondary N) is 2. The number of aromatic amines is 1. The predicted octanol–water partition coefficient (Wildman–Crippen LogP) is 5.15. The van der Waals surface area contributed by atoms with E-state index in [-0.39, 0.29) is 17.3 Å². The van der Waals surface area contributed by atoms with Crippen molar-refractivity contribution in [2.75, 3.05) is 5.32 Å². The Hall–Kier alpha value is -2.89. The van der Waals surface area contributed by atoms with Gasteiger partial charge in [-0.05, 0) is 48.9 Å². The maximum Gasteiger partial charge on any atom is 0.387 e. The second-order valence-electron chi connectivity index (χ2n) is 6.99. The number of amides is 1. The number of hydrogen-bond donors (Lipinski definition) is 2. The van der Waals surface area contributed by atoms with Crippen LogP contribution >= 0.6 is 0 Å². The van der Waals surface area contributed by atoms with Crippen LogP contribution in [0.2, 0.25) is 0 Å². The van der Waals surface area contributed by atoms with Gasteiger partial charge in [-0.15, -0.1) is 0 Å². The van der Waals surface area contributed by atoms with E-state index in [1.807, 2.05) is 12.1 Å². The number of alkyl halides is 2. The molecule has 0 aliphatic heterocycles. The molecule has 1 aromatic heterocycles. The highest BCUT2D eigenvalue weighted by Crippen LogP contribution is 2.33. The highest BCUT2D eigenvalue weighted by atomic mass is 19.3. The van der Waals surface area contributed by atoms with Gasteiger partial charge in [0.15, 0.2) is 0 Å². The standard InChI is InChI=1S/C21H20F2N2O2/c1-12-9-10-16-15(11-12)13-5-4-6-14(19(13)24-16)20(26)25-17-7-2-3-8-18(17)27-21(22)23/h2-8,12,21,24H,9-11H2,1H3,(H,25,26). The topological polar surface area (TPSA) is 54.1 Å². The number of rotatable bonds is 4. The van der Waals surface area contributed by atoms with Crippen LogP contribution in [0.3, 0.4) is 0 Å². The Kier molecular flexibility index (Phi) is 4.56. The highest BCUT2D eigenvalue weighted by Gasteiger charge is 2.22. The second-order valence-corrected chi connectivity index (χ2v) is 6.99. The molecule has 0 saturated carbocycles. The maximum atomic E-state index is 12.9. The van der Waals surface area contributed by atoms with Crippen LogP contribution in [0.1, 0.15) is 35.0 Å². The SMILES string of the molecule is CC1CCc2[nH]c3c(C(=O)Nc4ccccc4OC(F)F)cccc3c2C1. The fourth-order valence-electron chi connectivity index (χ4n) is 3.76. The smallest absolute Gasteiger partial charge is 0.387 e. The summed E-state index contributed by atoms with van der Waals surface area (Å²) >= 11 is 0. The summed E-state index contributed by atoms with van der Waals surface area (Å²) in [4.78, 5) is 16.3. The van der Waals surface area contributed by atoms with Gasteiger partial charge < -0.3 is 15.0 Å². The molecule has 27 heavy (non-hydrogen) atoms. The van der Waals surface area contributed by atoms with Crippen molar-refractivity contribution < 1.29 is 18.3 Å². The largest absolute Gasteiger partial charge is 0.433 e. The Morgan fingerprint density at radius 3 is 2.85 bits per heavy atom. The fraction of sp³-hybridized carbons (Fsp3) is 0.286. The van der Waals surface area contributed by atoms with Gasteiger partial charge in [0.25, 0.3) is 5.91 Å². The summed E-state index contributed by atoms with van der Waals surface area (Å²) in [5, 5.41) is 3.75. The number of benzene rings is 2.